The fourth-order valence-corrected chi connectivity index (χ4v) is 1.68. The molecule has 1 fully saturated rings. The quantitative estimate of drug-likeness (QED) is 0.727. The van der Waals surface area contributed by atoms with Crippen LogP contribution in [0.1, 0.15) is 27.7 Å². The Morgan fingerprint density at radius 3 is 2.38 bits per heavy atom. The number of rotatable bonds is 3. The molecular formula is C10H20O3. The second-order valence-corrected chi connectivity index (χ2v) is 4.46. The van der Waals surface area contributed by atoms with Crippen molar-refractivity contribution in [1.82, 2.24) is 0 Å². The maximum Gasteiger partial charge on any atom is 0.163 e. The van der Waals surface area contributed by atoms with E-state index in [0.29, 0.717) is 12.5 Å². The molecule has 0 saturated carbocycles. The van der Waals surface area contributed by atoms with Crippen molar-refractivity contribution in [3.63, 3.8) is 0 Å². The predicted octanol–water partition coefficient (Wildman–Crippen LogP) is 1.40. The summed E-state index contributed by atoms with van der Waals surface area (Å²) in [6.45, 7) is 8.76. The van der Waals surface area contributed by atoms with Crippen molar-refractivity contribution in [2.24, 2.45) is 11.8 Å². The van der Waals surface area contributed by atoms with Crippen LogP contribution in [0.25, 0.3) is 0 Å². The first-order valence-electron chi connectivity index (χ1n) is 4.89. The lowest BCUT2D eigenvalue weighted by Crippen LogP contribution is -2.32. The van der Waals surface area contributed by atoms with Gasteiger partial charge in [0.1, 0.15) is 0 Å². The van der Waals surface area contributed by atoms with E-state index in [0.717, 1.165) is 0 Å². The lowest BCUT2D eigenvalue weighted by atomic mass is 9.91. The summed E-state index contributed by atoms with van der Waals surface area (Å²) >= 11 is 0. The maximum atomic E-state index is 9.19. The number of aliphatic hydroxyl groups excluding tert-OH is 1. The highest BCUT2D eigenvalue weighted by molar-refractivity contribution is 4.79. The van der Waals surface area contributed by atoms with Gasteiger partial charge in [-0.25, -0.2) is 0 Å². The van der Waals surface area contributed by atoms with Gasteiger partial charge in [-0.05, 0) is 19.8 Å². The van der Waals surface area contributed by atoms with E-state index >= 15 is 0 Å². The van der Waals surface area contributed by atoms with E-state index in [1.165, 1.54) is 0 Å². The second kappa shape index (κ2) is 3.95. The lowest BCUT2D eigenvalue weighted by Gasteiger charge is -2.25. The van der Waals surface area contributed by atoms with Gasteiger partial charge in [-0.3, -0.25) is 0 Å². The van der Waals surface area contributed by atoms with Gasteiger partial charge in [-0.1, -0.05) is 13.8 Å². The van der Waals surface area contributed by atoms with Crippen LogP contribution in [-0.2, 0) is 9.47 Å². The highest BCUT2D eigenvalue weighted by Gasteiger charge is 2.37. The van der Waals surface area contributed by atoms with Gasteiger partial charge in [-0.2, -0.15) is 0 Å². The zero-order valence-corrected chi connectivity index (χ0v) is 8.91. The van der Waals surface area contributed by atoms with Gasteiger partial charge in [-0.15, -0.1) is 0 Å². The Balaban J connectivity index is 2.53. The molecule has 2 atom stereocenters. The average molecular weight is 188 g/mol. The number of hydrogen-bond acceptors (Lipinski definition) is 3. The Kier molecular flexibility index (Phi) is 3.33. The molecule has 3 nitrogen and oxygen atoms in total. The van der Waals surface area contributed by atoms with Gasteiger partial charge in [0.25, 0.3) is 0 Å². The maximum absolute atomic E-state index is 9.19. The predicted molar refractivity (Wildman–Crippen MR) is 50.3 cm³/mol. The van der Waals surface area contributed by atoms with E-state index in [1.54, 1.807) is 0 Å². The Labute approximate surface area is 80.0 Å². The minimum atomic E-state index is -0.479. The first-order chi connectivity index (χ1) is 5.96. The minimum Gasteiger partial charge on any atom is -0.396 e. The standard InChI is InChI=1S/C10H20O3/c1-7(2)8(5-11)9-6-12-10(3,4)13-9/h7-9,11H,5-6H2,1-4H3/t8-,9+/m1/s1. The first kappa shape index (κ1) is 11.0. The summed E-state index contributed by atoms with van der Waals surface area (Å²) in [5, 5.41) is 9.19. The number of aliphatic hydroxyl groups is 1. The van der Waals surface area contributed by atoms with Crippen LogP contribution in [0.2, 0.25) is 0 Å². The molecule has 1 rings (SSSR count). The smallest absolute Gasteiger partial charge is 0.163 e. The third kappa shape index (κ3) is 2.66. The Morgan fingerprint density at radius 2 is 2.08 bits per heavy atom. The summed E-state index contributed by atoms with van der Waals surface area (Å²) in [6.07, 6.45) is 0.0417. The van der Waals surface area contributed by atoms with Crippen molar-refractivity contribution < 1.29 is 14.6 Å². The molecular weight excluding hydrogens is 168 g/mol. The van der Waals surface area contributed by atoms with E-state index in [1.807, 2.05) is 13.8 Å². The fourth-order valence-electron chi connectivity index (χ4n) is 1.68. The van der Waals surface area contributed by atoms with Crippen LogP contribution in [0.15, 0.2) is 0 Å². The third-order valence-electron chi connectivity index (χ3n) is 2.58. The molecule has 0 bridgehead atoms. The highest BCUT2D eigenvalue weighted by Crippen LogP contribution is 2.29. The molecule has 1 saturated heterocycles. The molecule has 1 aliphatic heterocycles. The third-order valence-corrected chi connectivity index (χ3v) is 2.58. The van der Waals surface area contributed by atoms with E-state index < -0.39 is 5.79 Å². The topological polar surface area (TPSA) is 38.7 Å². The molecule has 1 aliphatic rings. The van der Waals surface area contributed by atoms with Crippen molar-refractivity contribution in [1.29, 1.82) is 0 Å². The van der Waals surface area contributed by atoms with Gasteiger partial charge in [0.15, 0.2) is 5.79 Å². The van der Waals surface area contributed by atoms with E-state index in [4.69, 9.17) is 9.47 Å². The molecule has 0 aromatic heterocycles. The van der Waals surface area contributed by atoms with Gasteiger partial charge in [0.05, 0.1) is 12.7 Å². The molecule has 1 N–H and O–H groups in total. The minimum absolute atomic E-state index is 0.0417. The van der Waals surface area contributed by atoms with Crippen LogP contribution in [0.4, 0.5) is 0 Å². The van der Waals surface area contributed by atoms with Crippen molar-refractivity contribution in [2.45, 2.75) is 39.6 Å². The summed E-state index contributed by atoms with van der Waals surface area (Å²) in [6, 6.07) is 0. The Bertz CT molecular complexity index is 166. The fraction of sp³-hybridized carbons (Fsp3) is 1.00. The van der Waals surface area contributed by atoms with E-state index in [9.17, 15) is 5.11 Å². The van der Waals surface area contributed by atoms with Crippen molar-refractivity contribution >= 4 is 0 Å². The van der Waals surface area contributed by atoms with Crippen LogP contribution in [0.5, 0.6) is 0 Å². The SMILES string of the molecule is CC(C)[C@@H](CO)[C@@H]1COC(C)(C)O1. The van der Waals surface area contributed by atoms with Crippen molar-refractivity contribution in [3.8, 4) is 0 Å². The molecule has 0 amide bonds. The molecule has 0 aromatic carbocycles. The largest absolute Gasteiger partial charge is 0.396 e. The second-order valence-electron chi connectivity index (χ2n) is 4.46. The molecule has 0 spiro atoms. The Hall–Kier alpha value is -0.120. The zero-order chi connectivity index (χ0) is 10.1. The number of ether oxygens (including phenoxy) is 2. The lowest BCUT2D eigenvalue weighted by molar-refractivity contribution is -0.148. The zero-order valence-electron chi connectivity index (χ0n) is 8.91. The van der Waals surface area contributed by atoms with Gasteiger partial charge >= 0.3 is 0 Å². The molecule has 1 heterocycles. The van der Waals surface area contributed by atoms with E-state index in [-0.39, 0.29) is 18.6 Å². The van der Waals surface area contributed by atoms with Gasteiger partial charge in [0.2, 0.25) is 0 Å². The molecule has 3 heteroatoms. The van der Waals surface area contributed by atoms with Gasteiger partial charge < -0.3 is 14.6 Å². The van der Waals surface area contributed by atoms with Crippen LogP contribution in [-0.4, -0.2) is 30.2 Å². The van der Waals surface area contributed by atoms with Gasteiger partial charge in [0, 0.05) is 12.5 Å². The molecule has 13 heavy (non-hydrogen) atoms. The monoisotopic (exact) mass is 188 g/mol. The summed E-state index contributed by atoms with van der Waals surface area (Å²) in [5.74, 6) is 0.127. The Morgan fingerprint density at radius 1 is 1.46 bits per heavy atom. The van der Waals surface area contributed by atoms with Crippen molar-refractivity contribution in [2.75, 3.05) is 13.2 Å². The first-order valence-corrected chi connectivity index (χ1v) is 4.89. The molecule has 0 radical (unpaired) electrons. The van der Waals surface area contributed by atoms with Crippen LogP contribution in [0, 0.1) is 11.8 Å². The molecule has 0 aliphatic carbocycles. The summed E-state index contributed by atoms with van der Waals surface area (Å²) < 4.78 is 11.1. The summed E-state index contributed by atoms with van der Waals surface area (Å²) in [7, 11) is 0. The van der Waals surface area contributed by atoms with Crippen molar-refractivity contribution in [3.05, 3.63) is 0 Å². The van der Waals surface area contributed by atoms with E-state index in [2.05, 4.69) is 13.8 Å². The summed E-state index contributed by atoms with van der Waals surface area (Å²) in [5.41, 5.74) is 0. The summed E-state index contributed by atoms with van der Waals surface area (Å²) in [4.78, 5) is 0. The van der Waals surface area contributed by atoms with Crippen LogP contribution < -0.4 is 0 Å². The van der Waals surface area contributed by atoms with Crippen LogP contribution in [0.3, 0.4) is 0 Å². The normalized spacial score (nSPS) is 29.5. The van der Waals surface area contributed by atoms with Crippen LogP contribution >= 0.6 is 0 Å². The molecule has 0 aromatic rings. The number of hydrogen-bond donors (Lipinski definition) is 1. The highest BCUT2D eigenvalue weighted by atomic mass is 16.7. The average Bonchev–Trinajstić information content (AvgIpc) is 2.31. The molecule has 78 valence electrons. The molecule has 0 unspecified atom stereocenters.